The molecule has 0 nitrogen and oxygen atoms in total. The van der Waals surface area contributed by atoms with Gasteiger partial charge in [-0.05, 0) is 32.7 Å². The molecular weight excluding hydrogens is 276 g/mol. The molecule has 0 aromatic heterocycles. The molecule has 0 amide bonds. The molecule has 112 valence electrons. The highest BCUT2D eigenvalue weighted by atomic mass is 14.3. The molecule has 0 aliphatic rings. The third-order valence-corrected chi connectivity index (χ3v) is 4.93. The lowest BCUT2D eigenvalue weighted by Crippen LogP contribution is -2.19. The number of fused-ring (bicyclic) bond motifs is 2. The van der Waals surface area contributed by atoms with E-state index in [1.807, 2.05) is 0 Å². The molecular formula is C23H20. The van der Waals surface area contributed by atoms with Crippen molar-refractivity contribution >= 4 is 21.5 Å². The summed E-state index contributed by atoms with van der Waals surface area (Å²) in [6, 6.07) is 30.6. The van der Waals surface area contributed by atoms with Crippen molar-refractivity contribution < 1.29 is 0 Å². The van der Waals surface area contributed by atoms with Gasteiger partial charge in [-0.15, -0.1) is 0 Å². The van der Waals surface area contributed by atoms with E-state index in [2.05, 4.69) is 98.8 Å². The first-order chi connectivity index (χ1) is 11.2. The molecule has 4 aromatic carbocycles. The van der Waals surface area contributed by atoms with Gasteiger partial charge < -0.3 is 0 Å². The van der Waals surface area contributed by atoms with E-state index in [9.17, 15) is 0 Å². The van der Waals surface area contributed by atoms with Crippen molar-refractivity contribution in [2.45, 2.75) is 19.3 Å². The van der Waals surface area contributed by atoms with Crippen molar-refractivity contribution in [3.8, 4) is 0 Å². The smallest absolute Gasteiger partial charge is 0.0158 e. The molecule has 23 heavy (non-hydrogen) atoms. The Bertz CT molecular complexity index is 901. The van der Waals surface area contributed by atoms with Crippen LogP contribution in [0.4, 0.5) is 0 Å². The maximum atomic E-state index is 2.33. The molecule has 0 aliphatic heterocycles. The first kappa shape index (κ1) is 14.0. The van der Waals surface area contributed by atoms with E-state index < -0.39 is 0 Å². The second-order valence-corrected chi connectivity index (χ2v) is 6.68. The van der Waals surface area contributed by atoms with Gasteiger partial charge in [0, 0.05) is 5.41 Å². The molecule has 0 unspecified atom stereocenters. The third-order valence-electron chi connectivity index (χ3n) is 4.93. The van der Waals surface area contributed by atoms with Crippen molar-refractivity contribution in [1.29, 1.82) is 0 Å². The summed E-state index contributed by atoms with van der Waals surface area (Å²) in [6.45, 7) is 4.66. The van der Waals surface area contributed by atoms with Crippen LogP contribution in [0.3, 0.4) is 0 Å². The Morgan fingerprint density at radius 2 is 0.870 bits per heavy atom. The predicted octanol–water partition coefficient (Wildman–Crippen LogP) is 6.32. The van der Waals surface area contributed by atoms with Gasteiger partial charge in [-0.2, -0.15) is 0 Å². The average Bonchev–Trinajstić information content (AvgIpc) is 2.60. The van der Waals surface area contributed by atoms with Crippen LogP contribution in [0.15, 0.2) is 84.9 Å². The van der Waals surface area contributed by atoms with E-state index in [-0.39, 0.29) is 5.41 Å². The zero-order chi connectivity index (χ0) is 15.9. The summed E-state index contributed by atoms with van der Waals surface area (Å²) in [5.74, 6) is 0. The Labute approximate surface area is 137 Å². The van der Waals surface area contributed by atoms with Gasteiger partial charge in [0.15, 0.2) is 0 Å². The van der Waals surface area contributed by atoms with Gasteiger partial charge in [-0.25, -0.2) is 0 Å². The van der Waals surface area contributed by atoms with Gasteiger partial charge >= 0.3 is 0 Å². The zero-order valence-electron chi connectivity index (χ0n) is 13.6. The average molecular weight is 296 g/mol. The predicted molar refractivity (Wildman–Crippen MR) is 100 cm³/mol. The minimum Gasteiger partial charge on any atom is -0.0616 e. The van der Waals surface area contributed by atoms with Crippen molar-refractivity contribution in [2.24, 2.45) is 0 Å². The van der Waals surface area contributed by atoms with E-state index >= 15 is 0 Å². The summed E-state index contributed by atoms with van der Waals surface area (Å²) < 4.78 is 0. The standard InChI is InChI=1S/C23H20/c1-23(2,21-15-7-11-17-9-3-5-13-19(17)21)22-16-8-12-18-10-4-6-14-20(18)22/h3-16H,1-2H3. The number of hydrogen-bond donors (Lipinski definition) is 0. The molecule has 0 heteroatoms. The second-order valence-electron chi connectivity index (χ2n) is 6.68. The van der Waals surface area contributed by atoms with Gasteiger partial charge in [0.25, 0.3) is 0 Å². The SMILES string of the molecule is CC(C)(c1cccc2ccccc12)c1cccc2ccccc12. The lowest BCUT2D eigenvalue weighted by atomic mass is 9.74. The summed E-state index contributed by atoms with van der Waals surface area (Å²) in [7, 11) is 0. The Balaban J connectivity index is 2.02. The van der Waals surface area contributed by atoms with Gasteiger partial charge in [-0.3, -0.25) is 0 Å². The maximum absolute atomic E-state index is 2.33. The molecule has 0 heterocycles. The highest BCUT2D eigenvalue weighted by Crippen LogP contribution is 2.39. The largest absolute Gasteiger partial charge is 0.0616 e. The summed E-state index contributed by atoms with van der Waals surface area (Å²) >= 11 is 0. The fraction of sp³-hybridized carbons (Fsp3) is 0.130. The topological polar surface area (TPSA) is 0 Å². The Morgan fingerprint density at radius 1 is 0.478 bits per heavy atom. The molecule has 0 N–H and O–H groups in total. The van der Waals surface area contributed by atoms with Crippen molar-refractivity contribution in [3.05, 3.63) is 96.1 Å². The Morgan fingerprint density at radius 3 is 1.35 bits per heavy atom. The van der Waals surface area contributed by atoms with Crippen LogP contribution in [0.5, 0.6) is 0 Å². The van der Waals surface area contributed by atoms with Crippen molar-refractivity contribution in [3.63, 3.8) is 0 Å². The van der Waals surface area contributed by atoms with Gasteiger partial charge in [-0.1, -0.05) is 98.8 Å². The molecule has 0 radical (unpaired) electrons. The van der Waals surface area contributed by atoms with Crippen LogP contribution < -0.4 is 0 Å². The van der Waals surface area contributed by atoms with E-state index in [1.54, 1.807) is 0 Å². The fourth-order valence-corrected chi connectivity index (χ4v) is 3.69. The first-order valence-corrected chi connectivity index (χ1v) is 8.14. The molecule has 0 aliphatic carbocycles. The summed E-state index contributed by atoms with van der Waals surface area (Å²) in [4.78, 5) is 0. The number of hydrogen-bond acceptors (Lipinski definition) is 0. The second kappa shape index (κ2) is 5.24. The summed E-state index contributed by atoms with van der Waals surface area (Å²) in [6.07, 6.45) is 0. The minimum absolute atomic E-state index is 0.0538. The van der Waals surface area contributed by atoms with Gasteiger partial charge in [0.05, 0.1) is 0 Å². The molecule has 0 bridgehead atoms. The minimum atomic E-state index is -0.0538. The first-order valence-electron chi connectivity index (χ1n) is 8.14. The van der Waals surface area contributed by atoms with Crippen LogP contribution in [-0.4, -0.2) is 0 Å². The summed E-state index contributed by atoms with van der Waals surface area (Å²) in [5, 5.41) is 5.29. The van der Waals surface area contributed by atoms with E-state index in [4.69, 9.17) is 0 Å². The van der Waals surface area contributed by atoms with E-state index in [0.717, 1.165) is 0 Å². The van der Waals surface area contributed by atoms with Crippen LogP contribution in [0.2, 0.25) is 0 Å². The molecule has 0 atom stereocenters. The lowest BCUT2D eigenvalue weighted by Gasteiger charge is -2.29. The summed E-state index contributed by atoms with van der Waals surface area (Å²) in [5.41, 5.74) is 2.71. The van der Waals surface area contributed by atoms with Crippen LogP contribution in [0.1, 0.15) is 25.0 Å². The lowest BCUT2D eigenvalue weighted by molar-refractivity contribution is 0.653. The maximum Gasteiger partial charge on any atom is 0.0158 e. The highest BCUT2D eigenvalue weighted by molar-refractivity contribution is 5.91. The molecule has 4 rings (SSSR count). The third kappa shape index (κ3) is 2.22. The normalized spacial score (nSPS) is 11.9. The van der Waals surface area contributed by atoms with Crippen LogP contribution in [0.25, 0.3) is 21.5 Å². The fourth-order valence-electron chi connectivity index (χ4n) is 3.69. The molecule has 0 saturated heterocycles. The molecule has 4 aromatic rings. The highest BCUT2D eigenvalue weighted by Gasteiger charge is 2.26. The molecule has 0 fully saturated rings. The van der Waals surface area contributed by atoms with Crippen molar-refractivity contribution in [1.82, 2.24) is 0 Å². The van der Waals surface area contributed by atoms with Gasteiger partial charge in [0.1, 0.15) is 0 Å². The van der Waals surface area contributed by atoms with E-state index in [0.29, 0.717) is 0 Å². The van der Waals surface area contributed by atoms with Gasteiger partial charge in [0.2, 0.25) is 0 Å². The van der Waals surface area contributed by atoms with Crippen molar-refractivity contribution in [2.75, 3.05) is 0 Å². The number of benzene rings is 4. The van der Waals surface area contributed by atoms with Crippen LogP contribution in [-0.2, 0) is 5.41 Å². The molecule has 0 saturated carbocycles. The quantitative estimate of drug-likeness (QED) is 0.406. The monoisotopic (exact) mass is 296 g/mol. The molecule has 0 spiro atoms. The Hall–Kier alpha value is -2.60. The van der Waals surface area contributed by atoms with Crippen LogP contribution in [0, 0.1) is 0 Å². The Kier molecular flexibility index (Phi) is 3.20. The van der Waals surface area contributed by atoms with E-state index in [1.165, 1.54) is 32.7 Å². The van der Waals surface area contributed by atoms with Crippen LogP contribution >= 0.6 is 0 Å². The zero-order valence-corrected chi connectivity index (χ0v) is 13.6. The number of rotatable bonds is 2.